The number of likely N-dealkylation sites (tertiary alicyclic amines) is 1. The van der Waals surface area contributed by atoms with E-state index >= 15 is 0 Å². The zero-order valence-electron chi connectivity index (χ0n) is 19.2. The molecule has 170 valence electrons. The van der Waals surface area contributed by atoms with Crippen molar-refractivity contribution >= 4 is 5.91 Å². The number of hydrogen-bond acceptors (Lipinski definition) is 5. The van der Waals surface area contributed by atoms with Crippen molar-refractivity contribution in [3.05, 3.63) is 35.7 Å². The number of carbonyl (C=O) groups excluding carboxylic acids is 1. The number of benzene rings is 1. The minimum Gasteiger partial charge on any atom is -0.341 e. The summed E-state index contributed by atoms with van der Waals surface area (Å²) in [6.07, 6.45) is 12.7. The van der Waals surface area contributed by atoms with Crippen LogP contribution in [0.5, 0.6) is 0 Å². The predicted octanol–water partition coefficient (Wildman–Crippen LogP) is 5.08. The third-order valence-corrected chi connectivity index (χ3v) is 6.21. The monoisotopic (exact) mass is 426 g/mol. The molecule has 1 aromatic carbocycles. The second-order valence-corrected chi connectivity index (χ2v) is 8.94. The fourth-order valence-electron chi connectivity index (χ4n) is 4.25. The zero-order chi connectivity index (χ0) is 22.1. The van der Waals surface area contributed by atoms with Gasteiger partial charge in [0.1, 0.15) is 0 Å². The lowest BCUT2D eigenvalue weighted by Gasteiger charge is -2.17. The molecule has 0 radical (unpaired) electrons. The van der Waals surface area contributed by atoms with Crippen molar-refractivity contribution in [2.45, 2.75) is 90.0 Å². The quantitative estimate of drug-likeness (QED) is 0.478. The van der Waals surface area contributed by atoms with E-state index in [4.69, 9.17) is 10.3 Å². The molecule has 3 rings (SSSR count). The van der Waals surface area contributed by atoms with Gasteiger partial charge in [0, 0.05) is 18.7 Å². The van der Waals surface area contributed by atoms with Crippen LogP contribution in [0.2, 0.25) is 0 Å². The average molecular weight is 427 g/mol. The molecule has 2 unspecified atom stereocenters. The second-order valence-electron chi connectivity index (χ2n) is 8.94. The molecule has 1 fully saturated rings. The highest BCUT2D eigenvalue weighted by Crippen LogP contribution is 2.28. The molecule has 2 N–H and O–H groups in total. The van der Waals surface area contributed by atoms with E-state index in [1.165, 1.54) is 56.9 Å². The van der Waals surface area contributed by atoms with Gasteiger partial charge in [-0.1, -0.05) is 81.3 Å². The summed E-state index contributed by atoms with van der Waals surface area (Å²) in [5, 5.41) is 4.17. The highest BCUT2D eigenvalue weighted by Gasteiger charge is 2.32. The molecule has 0 bridgehead atoms. The molecule has 2 aromatic rings. The Hall–Kier alpha value is -2.21. The van der Waals surface area contributed by atoms with Crippen LogP contribution in [0.3, 0.4) is 0 Å². The zero-order valence-corrected chi connectivity index (χ0v) is 19.2. The molecule has 1 aromatic heterocycles. The number of hydrogen-bond donors (Lipinski definition) is 1. The molecule has 2 heterocycles. The van der Waals surface area contributed by atoms with Crippen LogP contribution in [-0.4, -0.2) is 40.1 Å². The SMILES string of the molecule is CCCCCCCCCCc1ccc(-c2noc(C3CCN(C(=O)C(C)N)C3)n2)cc1. The Labute approximate surface area is 186 Å². The van der Waals surface area contributed by atoms with Crippen LogP contribution in [0.25, 0.3) is 11.4 Å². The number of unbranched alkanes of at least 4 members (excludes halogenated alkanes) is 7. The van der Waals surface area contributed by atoms with Crippen molar-refractivity contribution in [3.63, 3.8) is 0 Å². The first-order valence-electron chi connectivity index (χ1n) is 12.1. The van der Waals surface area contributed by atoms with Crippen molar-refractivity contribution in [2.75, 3.05) is 13.1 Å². The lowest BCUT2D eigenvalue weighted by atomic mass is 10.0. The van der Waals surface area contributed by atoms with Crippen LogP contribution in [0, 0.1) is 0 Å². The van der Waals surface area contributed by atoms with Crippen LogP contribution >= 0.6 is 0 Å². The molecule has 1 aliphatic heterocycles. The van der Waals surface area contributed by atoms with Gasteiger partial charge in [-0.05, 0) is 31.7 Å². The normalized spacial score (nSPS) is 17.3. The highest BCUT2D eigenvalue weighted by atomic mass is 16.5. The minimum absolute atomic E-state index is 0.0191. The summed E-state index contributed by atoms with van der Waals surface area (Å²) in [7, 11) is 0. The Kier molecular flexibility index (Phi) is 9.07. The molecular weight excluding hydrogens is 388 g/mol. The third-order valence-electron chi connectivity index (χ3n) is 6.21. The molecule has 1 amide bonds. The molecule has 1 aliphatic rings. The number of aromatic nitrogens is 2. The van der Waals surface area contributed by atoms with Gasteiger partial charge in [-0.25, -0.2) is 0 Å². The maximum absolute atomic E-state index is 12.1. The van der Waals surface area contributed by atoms with Gasteiger partial charge in [0.05, 0.1) is 12.0 Å². The van der Waals surface area contributed by atoms with Crippen LogP contribution in [0.4, 0.5) is 0 Å². The lowest BCUT2D eigenvalue weighted by Crippen LogP contribution is -2.40. The highest BCUT2D eigenvalue weighted by molar-refractivity contribution is 5.81. The first-order valence-corrected chi connectivity index (χ1v) is 12.1. The molecule has 0 spiro atoms. The average Bonchev–Trinajstić information content (AvgIpc) is 3.45. The van der Waals surface area contributed by atoms with Crippen molar-refractivity contribution in [2.24, 2.45) is 5.73 Å². The van der Waals surface area contributed by atoms with Gasteiger partial charge in [0.25, 0.3) is 0 Å². The fourth-order valence-corrected chi connectivity index (χ4v) is 4.25. The molecule has 2 atom stereocenters. The van der Waals surface area contributed by atoms with Crippen LogP contribution < -0.4 is 5.73 Å². The van der Waals surface area contributed by atoms with Crippen molar-refractivity contribution < 1.29 is 9.32 Å². The van der Waals surface area contributed by atoms with Gasteiger partial charge in [0.15, 0.2) is 0 Å². The van der Waals surface area contributed by atoms with E-state index in [1.807, 2.05) is 0 Å². The number of rotatable bonds is 12. The van der Waals surface area contributed by atoms with E-state index in [1.54, 1.807) is 11.8 Å². The van der Waals surface area contributed by atoms with Crippen molar-refractivity contribution in [3.8, 4) is 11.4 Å². The smallest absolute Gasteiger partial charge is 0.239 e. The molecule has 0 saturated carbocycles. The first-order chi connectivity index (χ1) is 15.1. The van der Waals surface area contributed by atoms with Crippen LogP contribution in [-0.2, 0) is 11.2 Å². The lowest BCUT2D eigenvalue weighted by molar-refractivity contribution is -0.131. The standard InChI is InChI=1S/C25H38N4O2/c1-3-4-5-6-7-8-9-10-11-20-12-14-21(15-13-20)23-27-24(31-28-23)22-16-17-29(18-22)25(30)19(2)26/h12-15,19,22H,3-11,16-18,26H2,1-2H3. The summed E-state index contributed by atoms with van der Waals surface area (Å²) in [5.41, 5.74) is 8.05. The molecule has 1 saturated heterocycles. The number of amides is 1. The number of nitrogens with two attached hydrogens (primary N) is 1. The summed E-state index contributed by atoms with van der Waals surface area (Å²) in [6, 6.07) is 8.03. The van der Waals surface area contributed by atoms with Crippen LogP contribution in [0.1, 0.15) is 89.0 Å². The number of nitrogens with zero attached hydrogens (tertiary/aromatic N) is 3. The number of aryl methyl sites for hydroxylation is 1. The Morgan fingerprint density at radius 3 is 2.48 bits per heavy atom. The topological polar surface area (TPSA) is 85.2 Å². The minimum atomic E-state index is -0.471. The predicted molar refractivity (Wildman–Crippen MR) is 124 cm³/mol. The van der Waals surface area contributed by atoms with Crippen LogP contribution in [0.15, 0.2) is 28.8 Å². The van der Waals surface area contributed by atoms with E-state index in [-0.39, 0.29) is 11.8 Å². The maximum Gasteiger partial charge on any atom is 0.239 e. The van der Waals surface area contributed by atoms with Gasteiger partial charge in [0.2, 0.25) is 17.6 Å². The molecule has 6 nitrogen and oxygen atoms in total. The van der Waals surface area contributed by atoms with Gasteiger partial charge >= 0.3 is 0 Å². The van der Waals surface area contributed by atoms with E-state index in [2.05, 4.69) is 41.3 Å². The summed E-state index contributed by atoms with van der Waals surface area (Å²) in [4.78, 5) is 18.5. The van der Waals surface area contributed by atoms with Crippen molar-refractivity contribution in [1.29, 1.82) is 0 Å². The second kappa shape index (κ2) is 12.0. The van der Waals surface area contributed by atoms with Gasteiger partial charge < -0.3 is 15.2 Å². The molecule has 6 heteroatoms. The van der Waals surface area contributed by atoms with Gasteiger partial charge in [-0.2, -0.15) is 4.98 Å². The van der Waals surface area contributed by atoms with E-state index in [0.29, 0.717) is 24.8 Å². The Morgan fingerprint density at radius 1 is 1.13 bits per heavy atom. The first kappa shape index (κ1) is 23.5. The summed E-state index contributed by atoms with van der Waals surface area (Å²) >= 11 is 0. The Balaban J connectivity index is 1.43. The van der Waals surface area contributed by atoms with Gasteiger partial charge in [-0.3, -0.25) is 4.79 Å². The molecular formula is C25H38N4O2. The van der Waals surface area contributed by atoms with Gasteiger partial charge in [-0.15, -0.1) is 0 Å². The maximum atomic E-state index is 12.1. The van der Waals surface area contributed by atoms with E-state index < -0.39 is 6.04 Å². The largest absolute Gasteiger partial charge is 0.341 e. The third kappa shape index (κ3) is 6.89. The summed E-state index contributed by atoms with van der Waals surface area (Å²) < 4.78 is 5.52. The van der Waals surface area contributed by atoms with E-state index in [9.17, 15) is 4.79 Å². The molecule has 0 aliphatic carbocycles. The Bertz CT molecular complexity index is 800. The summed E-state index contributed by atoms with van der Waals surface area (Å²) in [6.45, 7) is 5.27. The number of carbonyl (C=O) groups is 1. The van der Waals surface area contributed by atoms with E-state index in [0.717, 1.165) is 18.4 Å². The Morgan fingerprint density at radius 2 is 1.81 bits per heavy atom. The fraction of sp³-hybridized carbons (Fsp3) is 0.640. The summed E-state index contributed by atoms with van der Waals surface area (Å²) in [5.74, 6) is 1.29. The molecule has 31 heavy (non-hydrogen) atoms. The van der Waals surface area contributed by atoms with Crippen molar-refractivity contribution in [1.82, 2.24) is 15.0 Å².